The number of halogens is 1. The molecule has 1 aromatic heterocycles. The van der Waals surface area contributed by atoms with Crippen LogP contribution in [-0.2, 0) is 10.2 Å². The van der Waals surface area contributed by atoms with Crippen LogP contribution in [0, 0.1) is 18.8 Å². The Morgan fingerprint density at radius 2 is 1.88 bits per heavy atom. The van der Waals surface area contributed by atoms with E-state index in [1.54, 1.807) is 0 Å². The average molecular weight is 377 g/mol. The van der Waals surface area contributed by atoms with E-state index >= 15 is 0 Å². The highest BCUT2D eigenvalue weighted by atomic mass is 35.5. The summed E-state index contributed by atoms with van der Waals surface area (Å²) in [7, 11) is 0. The van der Waals surface area contributed by atoms with Gasteiger partial charge in [-0.2, -0.15) is 5.10 Å². The van der Waals surface area contributed by atoms with Crippen molar-refractivity contribution in [1.82, 2.24) is 15.1 Å². The summed E-state index contributed by atoms with van der Waals surface area (Å²) in [6.07, 6.45) is 0. The lowest BCUT2D eigenvalue weighted by Crippen LogP contribution is -2.48. The van der Waals surface area contributed by atoms with Crippen LogP contribution in [0.1, 0.15) is 39.0 Å². The Morgan fingerprint density at radius 3 is 2.38 bits per heavy atom. The molecule has 6 heteroatoms. The molecule has 2 aromatic rings. The number of amides is 1. The number of nitrogens with zero attached hydrogens (tertiary/aromatic N) is 2. The van der Waals surface area contributed by atoms with Gasteiger partial charge in [-0.05, 0) is 38.1 Å². The predicted molar refractivity (Wildman–Crippen MR) is 108 cm³/mol. The number of hydrogen-bond acceptors (Lipinski definition) is 3. The van der Waals surface area contributed by atoms with Crippen LogP contribution < -0.4 is 10.6 Å². The molecule has 1 fully saturated rings. The number of rotatable bonds is 4. The average Bonchev–Trinajstić information content (AvgIpc) is 2.90. The van der Waals surface area contributed by atoms with Gasteiger partial charge in [0.2, 0.25) is 5.91 Å². The molecule has 26 heavy (non-hydrogen) atoms. The van der Waals surface area contributed by atoms with Gasteiger partial charge in [0.05, 0.1) is 11.4 Å². The van der Waals surface area contributed by atoms with Gasteiger partial charge in [0.1, 0.15) is 5.82 Å². The summed E-state index contributed by atoms with van der Waals surface area (Å²) in [5, 5.41) is 11.1. The molecule has 142 valence electrons. The zero-order valence-corrected chi connectivity index (χ0v) is 17.0. The van der Waals surface area contributed by atoms with Crippen LogP contribution in [0.4, 0.5) is 5.82 Å². The molecule has 0 spiro atoms. The second-order valence-electron chi connectivity index (χ2n) is 8.11. The Labute approximate surface area is 162 Å². The molecule has 0 aliphatic carbocycles. The monoisotopic (exact) mass is 376 g/mol. The van der Waals surface area contributed by atoms with Crippen molar-refractivity contribution in [2.45, 2.75) is 40.0 Å². The van der Waals surface area contributed by atoms with Crippen LogP contribution in [0.15, 0.2) is 30.3 Å². The van der Waals surface area contributed by atoms with Gasteiger partial charge in [-0.25, -0.2) is 4.68 Å². The SMILES string of the molecule is Cc1ccc(-n2nc(C(C)(C)C)cc2NC(=O)C(C)C2CNC2)cc1.Cl. The lowest BCUT2D eigenvalue weighted by molar-refractivity contribution is -0.121. The van der Waals surface area contributed by atoms with E-state index in [9.17, 15) is 4.79 Å². The van der Waals surface area contributed by atoms with Crippen molar-refractivity contribution in [2.75, 3.05) is 18.4 Å². The third-order valence-corrected chi connectivity index (χ3v) is 4.94. The number of carbonyl (C=O) groups excluding carboxylic acids is 1. The molecule has 1 aromatic carbocycles. The van der Waals surface area contributed by atoms with Crippen LogP contribution in [0.25, 0.3) is 5.69 Å². The molecule has 3 rings (SSSR count). The molecular formula is C20H29ClN4O. The van der Waals surface area contributed by atoms with Crippen LogP contribution in [0.5, 0.6) is 0 Å². The third-order valence-electron chi connectivity index (χ3n) is 4.94. The van der Waals surface area contributed by atoms with Crippen LogP contribution in [0.2, 0.25) is 0 Å². The van der Waals surface area contributed by atoms with Gasteiger partial charge < -0.3 is 10.6 Å². The number of aryl methyl sites for hydroxylation is 1. The summed E-state index contributed by atoms with van der Waals surface area (Å²) in [5.41, 5.74) is 3.03. The molecule has 5 nitrogen and oxygen atoms in total. The number of nitrogens with one attached hydrogen (secondary N) is 2. The summed E-state index contributed by atoms with van der Waals surface area (Å²) in [5.74, 6) is 1.19. The minimum atomic E-state index is -0.0844. The standard InChI is InChI=1S/C20H28N4O.ClH/c1-13-6-8-16(9-7-13)24-18(10-17(23-24)20(3,4)5)22-19(25)14(2)15-11-21-12-15;/h6-10,14-15,21H,11-12H2,1-5H3,(H,22,25);1H. The van der Waals surface area contributed by atoms with Gasteiger partial charge in [-0.15, -0.1) is 12.4 Å². The molecule has 1 unspecified atom stereocenters. The van der Waals surface area contributed by atoms with Crippen molar-refractivity contribution in [2.24, 2.45) is 11.8 Å². The van der Waals surface area contributed by atoms with Gasteiger partial charge in [0.15, 0.2) is 0 Å². The lowest BCUT2D eigenvalue weighted by Gasteiger charge is -2.31. The van der Waals surface area contributed by atoms with E-state index in [0.29, 0.717) is 5.92 Å². The summed E-state index contributed by atoms with van der Waals surface area (Å²) < 4.78 is 1.84. The van der Waals surface area contributed by atoms with Crippen molar-refractivity contribution < 1.29 is 4.79 Å². The molecule has 0 bridgehead atoms. The molecular weight excluding hydrogens is 348 g/mol. The zero-order chi connectivity index (χ0) is 18.2. The van der Waals surface area contributed by atoms with Crippen molar-refractivity contribution in [3.63, 3.8) is 0 Å². The largest absolute Gasteiger partial charge is 0.316 e. The fourth-order valence-electron chi connectivity index (χ4n) is 2.84. The van der Waals surface area contributed by atoms with Crippen LogP contribution in [0.3, 0.4) is 0 Å². The van der Waals surface area contributed by atoms with E-state index in [-0.39, 0.29) is 29.6 Å². The van der Waals surface area contributed by atoms with Crippen molar-refractivity contribution in [3.8, 4) is 5.69 Å². The maximum atomic E-state index is 12.7. The van der Waals surface area contributed by atoms with Gasteiger partial charge in [0.25, 0.3) is 0 Å². The van der Waals surface area contributed by atoms with E-state index in [1.807, 2.05) is 29.8 Å². The van der Waals surface area contributed by atoms with E-state index in [0.717, 1.165) is 30.3 Å². The summed E-state index contributed by atoms with van der Waals surface area (Å²) in [6, 6.07) is 10.2. The second-order valence-corrected chi connectivity index (χ2v) is 8.11. The number of anilines is 1. The summed E-state index contributed by atoms with van der Waals surface area (Å²) in [6.45, 7) is 12.3. The second kappa shape index (κ2) is 7.80. The Balaban J connectivity index is 0.00000243. The number of benzene rings is 1. The number of carbonyl (C=O) groups is 1. The molecule has 2 heterocycles. The quantitative estimate of drug-likeness (QED) is 0.855. The van der Waals surface area contributed by atoms with Crippen LogP contribution in [-0.4, -0.2) is 28.8 Å². The Hall–Kier alpha value is -1.85. The number of hydrogen-bond donors (Lipinski definition) is 2. The maximum Gasteiger partial charge on any atom is 0.228 e. The van der Waals surface area contributed by atoms with E-state index < -0.39 is 0 Å². The van der Waals surface area contributed by atoms with Gasteiger partial charge in [0, 0.05) is 17.4 Å². The van der Waals surface area contributed by atoms with Crippen molar-refractivity contribution in [3.05, 3.63) is 41.6 Å². The normalized spacial score (nSPS) is 15.7. The smallest absolute Gasteiger partial charge is 0.228 e. The third kappa shape index (κ3) is 4.27. The minimum absolute atomic E-state index is 0. The molecule has 0 saturated carbocycles. The molecule has 1 aliphatic heterocycles. The Morgan fingerprint density at radius 1 is 1.27 bits per heavy atom. The highest BCUT2D eigenvalue weighted by molar-refractivity contribution is 5.92. The van der Waals surface area contributed by atoms with Gasteiger partial charge in [-0.1, -0.05) is 45.4 Å². The van der Waals surface area contributed by atoms with Crippen LogP contribution >= 0.6 is 12.4 Å². The van der Waals surface area contributed by atoms with E-state index in [2.05, 4.69) is 50.5 Å². The zero-order valence-electron chi connectivity index (χ0n) is 16.2. The summed E-state index contributed by atoms with van der Waals surface area (Å²) in [4.78, 5) is 12.7. The first-order valence-corrected chi connectivity index (χ1v) is 8.95. The van der Waals surface area contributed by atoms with Gasteiger partial charge >= 0.3 is 0 Å². The fraction of sp³-hybridized carbons (Fsp3) is 0.500. The summed E-state index contributed by atoms with van der Waals surface area (Å²) >= 11 is 0. The number of aromatic nitrogens is 2. The molecule has 0 radical (unpaired) electrons. The van der Waals surface area contributed by atoms with Crippen molar-refractivity contribution >= 4 is 24.1 Å². The highest BCUT2D eigenvalue weighted by Gasteiger charge is 2.30. The Kier molecular flexibility index (Phi) is 6.14. The minimum Gasteiger partial charge on any atom is -0.316 e. The molecule has 1 atom stereocenters. The Bertz CT molecular complexity index is 757. The molecule has 2 N–H and O–H groups in total. The molecule has 1 amide bonds. The van der Waals surface area contributed by atoms with Crippen molar-refractivity contribution in [1.29, 1.82) is 0 Å². The molecule has 1 aliphatic rings. The highest BCUT2D eigenvalue weighted by Crippen LogP contribution is 2.27. The first kappa shape index (κ1) is 20.5. The first-order chi connectivity index (χ1) is 11.8. The van der Waals surface area contributed by atoms with E-state index in [4.69, 9.17) is 5.10 Å². The first-order valence-electron chi connectivity index (χ1n) is 8.95. The fourth-order valence-corrected chi connectivity index (χ4v) is 2.84. The topological polar surface area (TPSA) is 59.0 Å². The predicted octanol–water partition coefficient (Wildman–Crippen LogP) is 3.69. The molecule has 1 saturated heterocycles. The lowest BCUT2D eigenvalue weighted by atomic mass is 9.88. The van der Waals surface area contributed by atoms with E-state index in [1.165, 1.54) is 5.56 Å². The maximum absolute atomic E-state index is 12.7. The van der Waals surface area contributed by atoms with Gasteiger partial charge in [-0.3, -0.25) is 4.79 Å².